The number of hydrogen-bond acceptors (Lipinski definition) is 4. The molecule has 2 aromatic rings. The van der Waals surface area contributed by atoms with Gasteiger partial charge < -0.3 is 9.63 Å². The Morgan fingerprint density at radius 2 is 2.17 bits per heavy atom. The summed E-state index contributed by atoms with van der Waals surface area (Å²) in [4.78, 5) is 13.1. The van der Waals surface area contributed by atoms with Crippen LogP contribution in [0.15, 0.2) is 35.0 Å². The summed E-state index contributed by atoms with van der Waals surface area (Å²) in [5, 5.41) is 12.6. The molecule has 5 nitrogen and oxygen atoms in total. The first-order valence-corrected chi connectivity index (χ1v) is 5.69. The van der Waals surface area contributed by atoms with Gasteiger partial charge in [0.25, 0.3) is 0 Å². The van der Waals surface area contributed by atoms with Crippen LogP contribution in [0.25, 0.3) is 0 Å². The zero-order valence-electron chi connectivity index (χ0n) is 9.67. The summed E-state index contributed by atoms with van der Waals surface area (Å²) in [5.41, 5.74) is 2.60. The minimum absolute atomic E-state index is 0.343. The fourth-order valence-corrected chi connectivity index (χ4v) is 2.25. The van der Waals surface area contributed by atoms with Crippen molar-refractivity contribution in [3.63, 3.8) is 0 Å². The van der Waals surface area contributed by atoms with Gasteiger partial charge in [0.2, 0.25) is 0 Å². The number of carboxylic acids is 1. The molecule has 1 aliphatic rings. The molecule has 1 N–H and O–H groups in total. The number of benzene rings is 1. The van der Waals surface area contributed by atoms with Crippen molar-refractivity contribution in [1.82, 2.24) is 10.1 Å². The Bertz CT molecular complexity index is 578. The molecule has 0 fully saturated rings. The highest BCUT2D eigenvalue weighted by atomic mass is 16.5. The Balaban J connectivity index is 1.77. The van der Waals surface area contributed by atoms with Gasteiger partial charge in [-0.2, -0.15) is 0 Å². The summed E-state index contributed by atoms with van der Waals surface area (Å²) in [6.07, 6.45) is 1.63. The van der Waals surface area contributed by atoms with Crippen LogP contribution >= 0.6 is 0 Å². The smallest absolute Gasteiger partial charge is 0.335 e. The van der Waals surface area contributed by atoms with Gasteiger partial charge in [0.05, 0.1) is 18.3 Å². The van der Waals surface area contributed by atoms with Gasteiger partial charge in [0.15, 0.2) is 5.76 Å². The second-order valence-corrected chi connectivity index (χ2v) is 4.41. The van der Waals surface area contributed by atoms with Crippen LogP contribution in [0.5, 0.6) is 0 Å². The van der Waals surface area contributed by atoms with Crippen LogP contribution in [0.4, 0.5) is 0 Å². The Labute approximate surface area is 104 Å². The molecule has 5 heteroatoms. The minimum atomic E-state index is -0.883. The van der Waals surface area contributed by atoms with Crippen LogP contribution in [0.1, 0.15) is 27.2 Å². The fraction of sp³-hybridized carbons (Fsp3) is 0.231. The normalized spacial score (nSPS) is 14.7. The fourth-order valence-electron chi connectivity index (χ4n) is 2.25. The zero-order chi connectivity index (χ0) is 12.5. The molecular weight excluding hydrogens is 232 g/mol. The zero-order valence-corrected chi connectivity index (χ0v) is 9.67. The van der Waals surface area contributed by atoms with Crippen molar-refractivity contribution < 1.29 is 14.4 Å². The van der Waals surface area contributed by atoms with E-state index in [9.17, 15) is 4.79 Å². The molecule has 0 aliphatic carbocycles. The van der Waals surface area contributed by atoms with Gasteiger partial charge in [-0.15, -0.1) is 0 Å². The molecular formula is C13H12N2O3. The molecule has 18 heavy (non-hydrogen) atoms. The van der Waals surface area contributed by atoms with Gasteiger partial charge >= 0.3 is 5.97 Å². The van der Waals surface area contributed by atoms with E-state index < -0.39 is 5.97 Å². The van der Waals surface area contributed by atoms with E-state index in [1.165, 1.54) is 5.56 Å². The van der Waals surface area contributed by atoms with E-state index in [2.05, 4.69) is 10.1 Å². The number of fused-ring (bicyclic) bond motifs is 1. The van der Waals surface area contributed by atoms with Gasteiger partial charge in [-0.1, -0.05) is 11.2 Å². The van der Waals surface area contributed by atoms with Crippen LogP contribution in [0.3, 0.4) is 0 Å². The quantitative estimate of drug-likeness (QED) is 0.893. The summed E-state index contributed by atoms with van der Waals surface area (Å²) < 4.78 is 5.07. The number of carbonyl (C=O) groups is 1. The Morgan fingerprint density at radius 3 is 2.89 bits per heavy atom. The lowest BCUT2D eigenvalue weighted by molar-refractivity contribution is 0.0696. The van der Waals surface area contributed by atoms with Gasteiger partial charge in [-0.25, -0.2) is 4.79 Å². The number of carboxylic acid groups (broad SMARTS) is 1. The van der Waals surface area contributed by atoms with Crippen LogP contribution in [-0.4, -0.2) is 21.1 Å². The van der Waals surface area contributed by atoms with Crippen molar-refractivity contribution in [1.29, 1.82) is 0 Å². The van der Waals surface area contributed by atoms with Crippen molar-refractivity contribution in [3.05, 3.63) is 52.9 Å². The lowest BCUT2D eigenvalue weighted by atomic mass is 10.1. The molecule has 0 bridgehead atoms. The van der Waals surface area contributed by atoms with Crippen molar-refractivity contribution >= 4 is 5.97 Å². The van der Waals surface area contributed by atoms with E-state index in [0.29, 0.717) is 12.1 Å². The average molecular weight is 244 g/mol. The number of rotatable bonds is 3. The minimum Gasteiger partial charge on any atom is -0.478 e. The predicted molar refractivity (Wildman–Crippen MR) is 62.9 cm³/mol. The summed E-state index contributed by atoms with van der Waals surface area (Å²) in [7, 11) is 0. The van der Waals surface area contributed by atoms with E-state index in [-0.39, 0.29) is 0 Å². The van der Waals surface area contributed by atoms with Gasteiger partial charge in [0, 0.05) is 19.2 Å². The van der Waals surface area contributed by atoms with Crippen molar-refractivity contribution in [2.75, 3.05) is 0 Å². The maximum atomic E-state index is 10.9. The Kier molecular flexibility index (Phi) is 2.60. The summed E-state index contributed by atoms with van der Waals surface area (Å²) in [6, 6.07) is 7.13. The Morgan fingerprint density at radius 1 is 1.33 bits per heavy atom. The molecule has 0 radical (unpaired) electrons. The monoisotopic (exact) mass is 244 g/mol. The van der Waals surface area contributed by atoms with E-state index >= 15 is 0 Å². The third kappa shape index (κ3) is 2.00. The third-order valence-corrected chi connectivity index (χ3v) is 3.11. The first kappa shape index (κ1) is 11.0. The molecule has 1 aliphatic heterocycles. The Hall–Kier alpha value is -2.14. The predicted octanol–water partition coefficient (Wildman–Crippen LogP) is 1.89. The molecule has 1 aromatic carbocycles. The molecule has 0 atom stereocenters. The first-order valence-electron chi connectivity index (χ1n) is 5.69. The number of nitrogens with zero attached hydrogens (tertiary/aromatic N) is 2. The van der Waals surface area contributed by atoms with Crippen LogP contribution in [0, 0.1) is 0 Å². The standard InChI is InChI=1S/C13H12N2O3/c16-13(17)9-1-2-10-6-15(7-11(10)5-9)8-12-3-4-14-18-12/h1-5H,6-8H2,(H,16,17). The third-order valence-electron chi connectivity index (χ3n) is 3.11. The van der Waals surface area contributed by atoms with Gasteiger partial charge in [0.1, 0.15) is 0 Å². The lowest BCUT2D eigenvalue weighted by Gasteiger charge is -2.11. The van der Waals surface area contributed by atoms with Crippen molar-refractivity contribution in [3.8, 4) is 0 Å². The molecule has 0 saturated carbocycles. The topological polar surface area (TPSA) is 66.6 Å². The second kappa shape index (κ2) is 4.27. The molecule has 0 spiro atoms. The number of aromatic carboxylic acids is 1. The van der Waals surface area contributed by atoms with Crippen molar-refractivity contribution in [2.45, 2.75) is 19.6 Å². The number of aromatic nitrogens is 1. The SMILES string of the molecule is O=C(O)c1ccc2c(c1)CN(Cc1ccno1)C2. The summed E-state index contributed by atoms with van der Waals surface area (Å²) in [6.45, 7) is 2.25. The molecule has 2 heterocycles. The average Bonchev–Trinajstić information content (AvgIpc) is 2.96. The molecule has 0 unspecified atom stereocenters. The van der Waals surface area contributed by atoms with Crippen LogP contribution < -0.4 is 0 Å². The second-order valence-electron chi connectivity index (χ2n) is 4.41. The molecule has 3 rings (SSSR count). The maximum absolute atomic E-state index is 10.9. The molecule has 1 aromatic heterocycles. The van der Waals surface area contributed by atoms with E-state index in [1.54, 1.807) is 18.3 Å². The van der Waals surface area contributed by atoms with Gasteiger partial charge in [-0.3, -0.25) is 4.90 Å². The highest BCUT2D eigenvalue weighted by molar-refractivity contribution is 5.87. The number of hydrogen-bond donors (Lipinski definition) is 1. The highest BCUT2D eigenvalue weighted by Gasteiger charge is 2.21. The molecule has 0 saturated heterocycles. The summed E-state index contributed by atoms with van der Waals surface area (Å²) >= 11 is 0. The van der Waals surface area contributed by atoms with E-state index in [1.807, 2.05) is 12.1 Å². The largest absolute Gasteiger partial charge is 0.478 e. The molecule has 92 valence electrons. The molecule has 0 amide bonds. The van der Waals surface area contributed by atoms with Gasteiger partial charge in [-0.05, 0) is 23.3 Å². The first-order chi connectivity index (χ1) is 8.72. The maximum Gasteiger partial charge on any atom is 0.335 e. The van der Waals surface area contributed by atoms with Crippen LogP contribution in [0.2, 0.25) is 0 Å². The highest BCUT2D eigenvalue weighted by Crippen LogP contribution is 2.25. The lowest BCUT2D eigenvalue weighted by Crippen LogP contribution is -2.15. The van der Waals surface area contributed by atoms with E-state index in [4.69, 9.17) is 9.63 Å². The van der Waals surface area contributed by atoms with E-state index in [0.717, 1.165) is 24.4 Å². The van der Waals surface area contributed by atoms with Crippen LogP contribution in [-0.2, 0) is 19.6 Å². The van der Waals surface area contributed by atoms with Crippen molar-refractivity contribution in [2.24, 2.45) is 0 Å². The summed E-state index contributed by atoms with van der Waals surface area (Å²) in [5.74, 6) is -0.0623.